The molecule has 0 aliphatic rings. The number of anilines is 2. The molecule has 0 saturated carbocycles. The van der Waals surface area contributed by atoms with Gasteiger partial charge in [0.25, 0.3) is 5.91 Å². The van der Waals surface area contributed by atoms with Crippen LogP contribution in [-0.2, 0) is 0 Å². The van der Waals surface area contributed by atoms with Gasteiger partial charge < -0.3 is 20.2 Å². The molecule has 0 fully saturated rings. The molecule has 2 aromatic heterocycles. The van der Waals surface area contributed by atoms with Crippen molar-refractivity contribution in [2.24, 2.45) is 0 Å². The Labute approximate surface area is 188 Å². The summed E-state index contributed by atoms with van der Waals surface area (Å²) in [4.78, 5) is 26.5. The lowest BCUT2D eigenvalue weighted by Crippen LogP contribution is -2.14. The van der Waals surface area contributed by atoms with Gasteiger partial charge in [0.1, 0.15) is 11.4 Å². The van der Waals surface area contributed by atoms with Crippen molar-refractivity contribution in [3.8, 4) is 5.75 Å². The fraction of sp³-hybridized carbons (Fsp3) is 0.0435. The van der Waals surface area contributed by atoms with E-state index in [0.717, 1.165) is 0 Å². The number of nitrogens with two attached hydrogens (primary N) is 1. The molecule has 0 unspecified atom stereocenters. The Morgan fingerprint density at radius 3 is 2.58 bits per heavy atom. The molecule has 2 heterocycles. The number of nitrogens with zero attached hydrogens (tertiary/aromatic N) is 1. The van der Waals surface area contributed by atoms with Gasteiger partial charge in [0.2, 0.25) is 5.78 Å². The van der Waals surface area contributed by atoms with Crippen LogP contribution in [-0.4, -0.2) is 23.2 Å². The van der Waals surface area contributed by atoms with Gasteiger partial charge in [0, 0.05) is 11.8 Å². The van der Waals surface area contributed by atoms with Crippen LogP contribution < -0.4 is 15.8 Å². The van der Waals surface area contributed by atoms with Crippen molar-refractivity contribution in [3.63, 3.8) is 0 Å². The van der Waals surface area contributed by atoms with E-state index in [2.05, 4.69) is 5.32 Å². The average Bonchev–Trinajstić information content (AvgIpc) is 3.08. The highest BCUT2D eigenvalue weighted by Crippen LogP contribution is 2.33. The number of aromatic nitrogens is 1. The predicted molar refractivity (Wildman–Crippen MR) is 123 cm³/mol. The first kappa shape index (κ1) is 20.8. The number of benzene rings is 2. The molecule has 0 bridgehead atoms. The molecule has 156 valence electrons. The lowest BCUT2D eigenvalue weighted by atomic mass is 10.1. The summed E-state index contributed by atoms with van der Waals surface area (Å²) in [6.07, 6.45) is 1.68. The molecule has 4 rings (SSSR count). The number of hydrogen-bond acceptors (Lipinski definition) is 4. The summed E-state index contributed by atoms with van der Waals surface area (Å²) in [6.45, 7) is 0. The minimum atomic E-state index is -0.505. The van der Waals surface area contributed by atoms with Crippen LogP contribution in [0, 0.1) is 0 Å². The summed E-state index contributed by atoms with van der Waals surface area (Å²) in [5.74, 6) is -0.300. The van der Waals surface area contributed by atoms with Gasteiger partial charge in [-0.15, -0.1) is 0 Å². The molecular formula is C23H17Cl2N3O3. The van der Waals surface area contributed by atoms with Gasteiger partial charge in [-0.25, -0.2) is 0 Å². The van der Waals surface area contributed by atoms with E-state index < -0.39 is 5.91 Å². The second-order valence-electron chi connectivity index (χ2n) is 6.71. The van der Waals surface area contributed by atoms with Gasteiger partial charge in [-0.05, 0) is 36.4 Å². The summed E-state index contributed by atoms with van der Waals surface area (Å²) in [5, 5.41) is 3.25. The molecule has 0 saturated heterocycles. The largest absolute Gasteiger partial charge is 0.497 e. The van der Waals surface area contributed by atoms with E-state index in [4.69, 9.17) is 33.7 Å². The maximum absolute atomic E-state index is 13.3. The number of rotatable bonds is 5. The fourth-order valence-corrected chi connectivity index (χ4v) is 3.73. The number of pyridine rings is 1. The van der Waals surface area contributed by atoms with E-state index in [-0.39, 0.29) is 27.8 Å². The van der Waals surface area contributed by atoms with E-state index in [9.17, 15) is 9.59 Å². The summed E-state index contributed by atoms with van der Waals surface area (Å²) in [5.41, 5.74) is 7.99. The van der Waals surface area contributed by atoms with Crippen LogP contribution in [0.4, 0.5) is 11.4 Å². The fourth-order valence-electron chi connectivity index (χ4n) is 3.38. The summed E-state index contributed by atoms with van der Waals surface area (Å²) in [6, 6.07) is 16.9. The Bertz CT molecular complexity index is 1330. The van der Waals surface area contributed by atoms with Crippen LogP contribution >= 0.6 is 23.2 Å². The third kappa shape index (κ3) is 3.71. The first-order chi connectivity index (χ1) is 14.9. The van der Waals surface area contributed by atoms with E-state index in [1.165, 1.54) is 7.11 Å². The molecule has 4 aromatic rings. The molecule has 0 atom stereocenters. The smallest absolute Gasteiger partial charge is 0.260 e. The van der Waals surface area contributed by atoms with Crippen LogP contribution in [0.2, 0.25) is 10.0 Å². The van der Waals surface area contributed by atoms with Gasteiger partial charge in [-0.2, -0.15) is 0 Å². The molecule has 0 radical (unpaired) electrons. The number of methoxy groups -OCH3 is 1. The number of carbonyl (C=O) groups is 2. The number of nitrogen functional groups attached to an aromatic ring is 1. The van der Waals surface area contributed by atoms with Crippen LogP contribution in [0.1, 0.15) is 26.4 Å². The molecule has 3 N–H and O–H groups in total. The van der Waals surface area contributed by atoms with E-state index in [1.54, 1.807) is 71.3 Å². The van der Waals surface area contributed by atoms with Gasteiger partial charge in [-0.3, -0.25) is 9.59 Å². The number of nitrogens with one attached hydrogen (secondary N) is 1. The van der Waals surface area contributed by atoms with E-state index in [1.807, 2.05) is 0 Å². The average molecular weight is 454 g/mol. The van der Waals surface area contributed by atoms with Gasteiger partial charge in [0.15, 0.2) is 0 Å². The lowest BCUT2D eigenvalue weighted by molar-refractivity contribution is 0.102. The first-order valence-corrected chi connectivity index (χ1v) is 10.0. The quantitative estimate of drug-likeness (QED) is 0.400. The van der Waals surface area contributed by atoms with Gasteiger partial charge in [0.05, 0.1) is 39.6 Å². The topological polar surface area (TPSA) is 85.8 Å². The van der Waals surface area contributed by atoms with E-state index >= 15 is 0 Å². The Hall–Kier alpha value is -3.48. The van der Waals surface area contributed by atoms with Crippen LogP contribution in [0.3, 0.4) is 0 Å². The van der Waals surface area contributed by atoms with Crippen molar-refractivity contribution < 1.29 is 14.3 Å². The lowest BCUT2D eigenvalue weighted by Gasteiger charge is -2.08. The van der Waals surface area contributed by atoms with Crippen molar-refractivity contribution in [2.75, 3.05) is 18.2 Å². The predicted octanol–water partition coefficient (Wildman–Crippen LogP) is 5.32. The molecule has 2 aromatic carbocycles. The highest BCUT2D eigenvalue weighted by Gasteiger charge is 2.26. The molecule has 6 nitrogen and oxygen atoms in total. The standard InChI is InChI=1S/C23H17Cl2N3O3/c1-31-14-7-4-6-13(12-14)22(29)21-20(26)18(17-10-2-3-11-28(17)21)23(30)27-16-9-5-8-15(24)19(16)25/h2-12H,26H2,1H3,(H,27,30). The first-order valence-electron chi connectivity index (χ1n) is 9.25. The number of halogens is 2. The third-order valence-corrected chi connectivity index (χ3v) is 5.67. The monoisotopic (exact) mass is 453 g/mol. The molecule has 31 heavy (non-hydrogen) atoms. The zero-order valence-electron chi connectivity index (χ0n) is 16.4. The Morgan fingerprint density at radius 1 is 1.03 bits per heavy atom. The third-order valence-electron chi connectivity index (χ3n) is 4.86. The van der Waals surface area contributed by atoms with Crippen LogP contribution in [0.15, 0.2) is 66.9 Å². The molecule has 0 aliphatic carbocycles. The maximum atomic E-state index is 13.3. The zero-order valence-corrected chi connectivity index (χ0v) is 17.9. The van der Waals surface area contributed by atoms with Crippen LogP contribution in [0.25, 0.3) is 5.52 Å². The normalized spacial score (nSPS) is 10.8. The van der Waals surface area contributed by atoms with Crippen molar-refractivity contribution in [1.82, 2.24) is 4.40 Å². The zero-order chi connectivity index (χ0) is 22.1. The second-order valence-corrected chi connectivity index (χ2v) is 7.49. The van der Waals surface area contributed by atoms with Crippen molar-refractivity contribution in [3.05, 3.63) is 93.7 Å². The summed E-state index contributed by atoms with van der Waals surface area (Å²) >= 11 is 12.2. The summed E-state index contributed by atoms with van der Waals surface area (Å²) in [7, 11) is 1.52. The Kier molecular flexibility index (Phi) is 5.59. The number of hydrogen-bond donors (Lipinski definition) is 2. The molecule has 1 amide bonds. The maximum Gasteiger partial charge on any atom is 0.260 e. The Morgan fingerprint density at radius 2 is 1.81 bits per heavy atom. The number of carbonyl (C=O) groups excluding carboxylic acids is 2. The van der Waals surface area contributed by atoms with Crippen molar-refractivity contribution >= 4 is 51.8 Å². The van der Waals surface area contributed by atoms with E-state index in [0.29, 0.717) is 27.5 Å². The van der Waals surface area contributed by atoms with Crippen LogP contribution in [0.5, 0.6) is 5.75 Å². The Balaban J connectivity index is 1.82. The number of ether oxygens (including phenoxy) is 1. The molecule has 0 spiro atoms. The second kappa shape index (κ2) is 8.34. The van der Waals surface area contributed by atoms with Crippen molar-refractivity contribution in [1.29, 1.82) is 0 Å². The van der Waals surface area contributed by atoms with Gasteiger partial charge >= 0.3 is 0 Å². The summed E-state index contributed by atoms with van der Waals surface area (Å²) < 4.78 is 6.81. The van der Waals surface area contributed by atoms with Crippen molar-refractivity contribution in [2.45, 2.75) is 0 Å². The number of fused-ring (bicyclic) bond motifs is 1. The minimum absolute atomic E-state index is 0.0645. The van der Waals surface area contributed by atoms with Gasteiger partial charge in [-0.1, -0.05) is 47.5 Å². The minimum Gasteiger partial charge on any atom is -0.497 e. The highest BCUT2D eigenvalue weighted by molar-refractivity contribution is 6.44. The molecular weight excluding hydrogens is 437 g/mol. The molecule has 8 heteroatoms. The molecule has 0 aliphatic heterocycles. The highest BCUT2D eigenvalue weighted by atomic mass is 35.5. The number of amides is 1. The number of ketones is 1. The SMILES string of the molecule is COc1cccc(C(=O)c2c(N)c(C(=O)Nc3cccc(Cl)c3Cl)c3ccccn23)c1.